The predicted molar refractivity (Wildman–Crippen MR) is 40.5 cm³/mol. The molecule has 0 radical (unpaired) electrons. The number of carbonyl (C=O) groups is 2. The first-order valence-electron chi connectivity index (χ1n) is 3.40. The Morgan fingerprint density at radius 2 is 1.82 bits per heavy atom. The lowest BCUT2D eigenvalue weighted by Gasteiger charge is -1.98. The summed E-state index contributed by atoms with van der Waals surface area (Å²) in [6.45, 7) is 0.741. The molecule has 0 saturated heterocycles. The van der Waals surface area contributed by atoms with Crippen molar-refractivity contribution < 1.29 is 9.59 Å². The molecule has 0 heterocycles. The smallest absolute Gasteiger partial charge is 0.231 e. The first-order valence-corrected chi connectivity index (χ1v) is 3.40. The summed E-state index contributed by atoms with van der Waals surface area (Å²) in [6, 6.07) is 0. The van der Waals surface area contributed by atoms with Crippen molar-refractivity contribution in [1.29, 1.82) is 0 Å². The van der Waals surface area contributed by atoms with Crippen molar-refractivity contribution in [1.82, 2.24) is 5.32 Å². The largest absolute Gasteiger partial charge is 0.370 e. The van der Waals surface area contributed by atoms with E-state index in [2.05, 4.69) is 5.32 Å². The summed E-state index contributed by atoms with van der Waals surface area (Å²) in [5.74, 6) is -0.727. The number of hydrogen-bond donors (Lipinski definition) is 3. The van der Waals surface area contributed by atoms with E-state index in [0.717, 1.165) is 0 Å². The molecule has 0 aliphatic rings. The number of hydrogen-bond acceptors (Lipinski definition) is 3. The SMILES string of the molecule is NC(=O)CCCNCC(N)=O. The van der Waals surface area contributed by atoms with Crippen molar-refractivity contribution in [2.24, 2.45) is 11.5 Å². The van der Waals surface area contributed by atoms with E-state index < -0.39 is 5.91 Å². The van der Waals surface area contributed by atoms with Crippen LogP contribution in [0.2, 0.25) is 0 Å². The minimum Gasteiger partial charge on any atom is -0.370 e. The van der Waals surface area contributed by atoms with Gasteiger partial charge in [0.05, 0.1) is 6.54 Å². The van der Waals surface area contributed by atoms with Crippen LogP contribution in [0.25, 0.3) is 0 Å². The molecular weight excluding hydrogens is 146 g/mol. The molecule has 11 heavy (non-hydrogen) atoms. The van der Waals surface area contributed by atoms with Crippen molar-refractivity contribution in [3.05, 3.63) is 0 Å². The van der Waals surface area contributed by atoms with Gasteiger partial charge in [0.25, 0.3) is 0 Å². The zero-order valence-electron chi connectivity index (χ0n) is 6.30. The standard InChI is InChI=1S/C6H13N3O2/c7-5(10)2-1-3-9-4-6(8)11/h9H,1-4H2,(H2,7,10)(H2,8,11). The van der Waals surface area contributed by atoms with Crippen LogP contribution in [0, 0.1) is 0 Å². The summed E-state index contributed by atoms with van der Waals surface area (Å²) < 4.78 is 0. The van der Waals surface area contributed by atoms with Crippen LogP contribution in [-0.4, -0.2) is 24.9 Å². The second-order valence-corrected chi connectivity index (χ2v) is 2.21. The van der Waals surface area contributed by atoms with Gasteiger partial charge in [0.15, 0.2) is 0 Å². The molecule has 0 rings (SSSR count). The maximum atomic E-state index is 10.2. The second kappa shape index (κ2) is 5.67. The zero-order chi connectivity index (χ0) is 8.69. The lowest BCUT2D eigenvalue weighted by Crippen LogP contribution is -2.29. The van der Waals surface area contributed by atoms with Gasteiger partial charge in [-0.2, -0.15) is 0 Å². The molecular formula is C6H13N3O2. The number of carbonyl (C=O) groups excluding carboxylic acids is 2. The number of nitrogens with two attached hydrogens (primary N) is 2. The van der Waals surface area contributed by atoms with Crippen LogP contribution < -0.4 is 16.8 Å². The Balaban J connectivity index is 3.03. The van der Waals surface area contributed by atoms with Gasteiger partial charge in [-0.1, -0.05) is 0 Å². The number of nitrogens with one attached hydrogen (secondary N) is 1. The predicted octanol–water partition coefficient (Wildman–Crippen LogP) is -1.67. The minimum absolute atomic E-state index is 0.152. The van der Waals surface area contributed by atoms with Gasteiger partial charge >= 0.3 is 0 Å². The summed E-state index contributed by atoms with van der Waals surface area (Å²) in [5, 5.41) is 2.76. The molecule has 0 saturated carbocycles. The number of primary amides is 2. The average Bonchev–Trinajstić information content (AvgIpc) is 1.85. The van der Waals surface area contributed by atoms with E-state index in [-0.39, 0.29) is 12.5 Å². The van der Waals surface area contributed by atoms with Crippen LogP contribution >= 0.6 is 0 Å². The summed E-state index contributed by atoms with van der Waals surface area (Å²) in [4.78, 5) is 20.4. The van der Waals surface area contributed by atoms with Crippen LogP contribution in [-0.2, 0) is 9.59 Å². The van der Waals surface area contributed by atoms with E-state index in [1.807, 2.05) is 0 Å². The first kappa shape index (κ1) is 9.90. The molecule has 0 aromatic heterocycles. The van der Waals surface area contributed by atoms with E-state index in [0.29, 0.717) is 19.4 Å². The monoisotopic (exact) mass is 159 g/mol. The fourth-order valence-corrected chi connectivity index (χ4v) is 0.599. The summed E-state index contributed by atoms with van der Waals surface area (Å²) in [7, 11) is 0. The van der Waals surface area contributed by atoms with Crippen LogP contribution in [0.1, 0.15) is 12.8 Å². The van der Waals surface area contributed by atoms with Gasteiger partial charge in [-0.15, -0.1) is 0 Å². The molecule has 5 heteroatoms. The van der Waals surface area contributed by atoms with E-state index in [1.165, 1.54) is 0 Å². The summed E-state index contributed by atoms with van der Waals surface area (Å²) in [5.41, 5.74) is 9.72. The molecule has 0 fully saturated rings. The first-order chi connectivity index (χ1) is 5.13. The molecule has 0 unspecified atom stereocenters. The van der Waals surface area contributed by atoms with Crippen molar-refractivity contribution in [2.45, 2.75) is 12.8 Å². The van der Waals surface area contributed by atoms with Crippen molar-refractivity contribution in [3.8, 4) is 0 Å². The molecule has 0 aromatic rings. The lowest BCUT2D eigenvalue weighted by atomic mass is 10.3. The Morgan fingerprint density at radius 3 is 2.27 bits per heavy atom. The maximum absolute atomic E-state index is 10.2. The number of rotatable bonds is 6. The van der Waals surface area contributed by atoms with Crippen molar-refractivity contribution in [2.75, 3.05) is 13.1 Å². The Hall–Kier alpha value is -1.10. The highest BCUT2D eigenvalue weighted by Gasteiger charge is 1.94. The van der Waals surface area contributed by atoms with Crippen LogP contribution in [0.4, 0.5) is 0 Å². The van der Waals surface area contributed by atoms with Gasteiger partial charge in [-0.25, -0.2) is 0 Å². The molecule has 0 bridgehead atoms. The molecule has 0 aliphatic heterocycles. The van der Waals surface area contributed by atoms with E-state index >= 15 is 0 Å². The third kappa shape index (κ3) is 8.90. The fraction of sp³-hybridized carbons (Fsp3) is 0.667. The highest BCUT2D eigenvalue weighted by atomic mass is 16.1. The Bertz CT molecular complexity index is 131. The topological polar surface area (TPSA) is 98.2 Å². The van der Waals surface area contributed by atoms with Gasteiger partial charge in [-0.05, 0) is 13.0 Å². The van der Waals surface area contributed by atoms with Crippen LogP contribution in [0.15, 0.2) is 0 Å². The molecule has 5 nitrogen and oxygen atoms in total. The van der Waals surface area contributed by atoms with Gasteiger partial charge in [0.1, 0.15) is 0 Å². The normalized spacial score (nSPS) is 9.45. The van der Waals surface area contributed by atoms with Crippen molar-refractivity contribution in [3.63, 3.8) is 0 Å². The lowest BCUT2D eigenvalue weighted by molar-refractivity contribution is -0.118. The van der Waals surface area contributed by atoms with Gasteiger partial charge < -0.3 is 16.8 Å². The van der Waals surface area contributed by atoms with Crippen LogP contribution in [0.5, 0.6) is 0 Å². The molecule has 5 N–H and O–H groups in total. The van der Waals surface area contributed by atoms with Crippen LogP contribution in [0.3, 0.4) is 0 Å². The van der Waals surface area contributed by atoms with Gasteiger partial charge in [-0.3, -0.25) is 9.59 Å². The molecule has 0 spiro atoms. The molecule has 0 aliphatic carbocycles. The highest BCUT2D eigenvalue weighted by Crippen LogP contribution is 1.82. The molecule has 0 atom stereocenters. The third-order valence-corrected chi connectivity index (χ3v) is 1.08. The fourth-order valence-electron chi connectivity index (χ4n) is 0.599. The Morgan fingerprint density at radius 1 is 1.18 bits per heavy atom. The molecule has 2 amide bonds. The second-order valence-electron chi connectivity index (χ2n) is 2.21. The van der Waals surface area contributed by atoms with Gasteiger partial charge in [0.2, 0.25) is 11.8 Å². The maximum Gasteiger partial charge on any atom is 0.231 e. The van der Waals surface area contributed by atoms with Gasteiger partial charge in [0, 0.05) is 6.42 Å². The van der Waals surface area contributed by atoms with Crippen molar-refractivity contribution >= 4 is 11.8 Å². The summed E-state index contributed by atoms with van der Waals surface area (Å²) in [6.07, 6.45) is 0.981. The molecule has 64 valence electrons. The zero-order valence-corrected chi connectivity index (χ0v) is 6.30. The quantitative estimate of drug-likeness (QED) is 0.404. The summed E-state index contributed by atoms with van der Waals surface area (Å²) >= 11 is 0. The Kier molecular flexibility index (Phi) is 5.10. The van der Waals surface area contributed by atoms with E-state index in [9.17, 15) is 9.59 Å². The third-order valence-electron chi connectivity index (χ3n) is 1.08. The Labute approximate surface area is 65.1 Å². The highest BCUT2D eigenvalue weighted by molar-refractivity contribution is 5.76. The number of amides is 2. The van der Waals surface area contributed by atoms with E-state index in [4.69, 9.17) is 11.5 Å². The average molecular weight is 159 g/mol. The van der Waals surface area contributed by atoms with E-state index in [1.54, 1.807) is 0 Å². The molecule has 0 aromatic carbocycles. The minimum atomic E-state index is -0.399.